The van der Waals surface area contributed by atoms with E-state index in [2.05, 4.69) is 20.7 Å². The van der Waals surface area contributed by atoms with Crippen molar-refractivity contribution in [2.24, 2.45) is 0 Å². The number of amides is 1. The molecule has 0 bridgehead atoms. The lowest BCUT2D eigenvalue weighted by Crippen LogP contribution is -2.17. The van der Waals surface area contributed by atoms with Gasteiger partial charge in [-0.05, 0) is 50.3 Å². The van der Waals surface area contributed by atoms with Crippen LogP contribution in [0.15, 0.2) is 34.9 Å². The first-order valence-corrected chi connectivity index (χ1v) is 10.8. The largest absolute Gasteiger partial charge is 0.390 e. The first-order valence-electron chi connectivity index (χ1n) is 10.4. The molecule has 3 aromatic heterocycles. The molecule has 0 atom stereocenters. The number of aromatic nitrogens is 5. The van der Waals surface area contributed by atoms with Crippen molar-refractivity contribution in [1.29, 1.82) is 0 Å². The Morgan fingerprint density at radius 2 is 1.82 bits per heavy atom. The van der Waals surface area contributed by atoms with Gasteiger partial charge in [-0.25, -0.2) is 0 Å². The maximum absolute atomic E-state index is 13.1. The molecule has 34 heavy (non-hydrogen) atoms. The molecule has 4 rings (SSSR count). The molecule has 0 aliphatic rings. The van der Waals surface area contributed by atoms with E-state index in [1.54, 1.807) is 18.5 Å². The van der Waals surface area contributed by atoms with Crippen LogP contribution in [-0.4, -0.2) is 35.5 Å². The molecule has 12 heteroatoms. The Labute approximate surface area is 199 Å². The van der Waals surface area contributed by atoms with Gasteiger partial charge in [-0.3, -0.25) is 9.48 Å². The average Bonchev–Trinajstić information content (AvgIpc) is 3.42. The average molecular weight is 484 g/mol. The van der Waals surface area contributed by atoms with E-state index in [0.717, 1.165) is 11.3 Å². The highest BCUT2D eigenvalue weighted by Crippen LogP contribution is 2.24. The summed E-state index contributed by atoms with van der Waals surface area (Å²) in [4.78, 5) is 23.6. The maximum atomic E-state index is 13.1. The normalized spacial score (nSPS) is 11.1. The molecule has 11 nitrogen and oxygen atoms in total. The molecule has 4 aromatic rings. The van der Waals surface area contributed by atoms with Crippen molar-refractivity contribution in [3.05, 3.63) is 85.1 Å². The number of nitrogens with zero attached hydrogens (tertiary/aromatic N) is 6. The van der Waals surface area contributed by atoms with E-state index >= 15 is 0 Å². The van der Waals surface area contributed by atoms with Crippen molar-refractivity contribution in [2.45, 2.75) is 40.8 Å². The Morgan fingerprint density at radius 1 is 1.12 bits per heavy atom. The van der Waals surface area contributed by atoms with Gasteiger partial charge in [-0.1, -0.05) is 28.9 Å². The van der Waals surface area contributed by atoms with Crippen LogP contribution in [0.25, 0.3) is 0 Å². The van der Waals surface area contributed by atoms with Gasteiger partial charge in [0.2, 0.25) is 0 Å². The molecule has 0 saturated heterocycles. The van der Waals surface area contributed by atoms with Gasteiger partial charge >= 0.3 is 5.82 Å². The van der Waals surface area contributed by atoms with Crippen LogP contribution >= 0.6 is 11.6 Å². The minimum atomic E-state index is -0.565. The molecule has 0 spiro atoms. The third kappa shape index (κ3) is 4.55. The zero-order valence-corrected chi connectivity index (χ0v) is 19.8. The number of aryl methyl sites for hydroxylation is 3. The van der Waals surface area contributed by atoms with Crippen LogP contribution < -0.4 is 5.32 Å². The first kappa shape index (κ1) is 23.2. The number of halogens is 1. The van der Waals surface area contributed by atoms with Crippen LogP contribution in [0.2, 0.25) is 5.02 Å². The van der Waals surface area contributed by atoms with E-state index in [0.29, 0.717) is 40.0 Å². The lowest BCUT2D eigenvalue weighted by molar-refractivity contribution is -0.389. The van der Waals surface area contributed by atoms with E-state index in [-0.39, 0.29) is 18.1 Å². The molecule has 0 saturated carbocycles. The molecule has 0 aliphatic heterocycles. The monoisotopic (exact) mass is 483 g/mol. The van der Waals surface area contributed by atoms with Crippen LogP contribution in [0.1, 0.15) is 44.5 Å². The number of carbonyl (C=O) groups is 1. The predicted octanol–water partition coefficient (Wildman–Crippen LogP) is 4.21. The fourth-order valence-corrected chi connectivity index (χ4v) is 3.74. The molecule has 1 aromatic carbocycles. The summed E-state index contributed by atoms with van der Waals surface area (Å²) < 4.78 is 8.50. The Morgan fingerprint density at radius 3 is 2.47 bits per heavy atom. The van der Waals surface area contributed by atoms with Crippen molar-refractivity contribution in [2.75, 3.05) is 5.32 Å². The van der Waals surface area contributed by atoms with Crippen LogP contribution in [0.3, 0.4) is 0 Å². The predicted molar refractivity (Wildman–Crippen MR) is 124 cm³/mol. The SMILES string of the molecule is Cc1nn(Cc2ccc(Cl)cc2)c(C)c1NC(=O)c1noc(C)c1Cn1nc([N+](=O)[O-])cc1C. The number of anilines is 1. The van der Waals surface area contributed by atoms with Gasteiger partial charge in [0.25, 0.3) is 5.91 Å². The zero-order valence-electron chi connectivity index (χ0n) is 19.0. The van der Waals surface area contributed by atoms with Crippen LogP contribution in [0.4, 0.5) is 11.5 Å². The topological polar surface area (TPSA) is 134 Å². The molecule has 0 radical (unpaired) electrons. The fourth-order valence-electron chi connectivity index (χ4n) is 3.61. The molecule has 3 heterocycles. The summed E-state index contributed by atoms with van der Waals surface area (Å²) in [5, 5.41) is 27.0. The minimum Gasteiger partial charge on any atom is -0.361 e. The van der Waals surface area contributed by atoms with Crippen molar-refractivity contribution < 1.29 is 14.2 Å². The number of nitrogens with one attached hydrogen (secondary N) is 1. The van der Waals surface area contributed by atoms with Gasteiger partial charge in [-0.2, -0.15) is 9.78 Å². The van der Waals surface area contributed by atoms with Crippen LogP contribution in [0.5, 0.6) is 0 Å². The van der Waals surface area contributed by atoms with Crippen molar-refractivity contribution in [1.82, 2.24) is 24.7 Å². The van der Waals surface area contributed by atoms with E-state index in [9.17, 15) is 14.9 Å². The fraction of sp³-hybridized carbons (Fsp3) is 0.273. The Balaban J connectivity index is 1.56. The number of benzene rings is 1. The molecule has 1 amide bonds. The molecule has 1 N–H and O–H groups in total. The van der Waals surface area contributed by atoms with Crippen LogP contribution in [-0.2, 0) is 13.1 Å². The quantitative estimate of drug-likeness (QED) is 0.307. The zero-order chi connectivity index (χ0) is 24.6. The van der Waals surface area contributed by atoms with Gasteiger partial charge in [0.15, 0.2) is 5.69 Å². The second-order valence-electron chi connectivity index (χ2n) is 7.91. The van der Waals surface area contributed by atoms with Gasteiger partial charge in [0.05, 0.1) is 52.6 Å². The molecule has 0 fully saturated rings. The van der Waals surface area contributed by atoms with Crippen molar-refractivity contribution >= 4 is 29.0 Å². The smallest absolute Gasteiger partial charge is 0.361 e. The highest BCUT2D eigenvalue weighted by molar-refractivity contribution is 6.30. The summed E-state index contributed by atoms with van der Waals surface area (Å²) in [5.41, 5.74) is 4.18. The number of nitro groups is 1. The van der Waals surface area contributed by atoms with Gasteiger partial charge in [0.1, 0.15) is 5.76 Å². The third-order valence-corrected chi connectivity index (χ3v) is 5.78. The Kier molecular flexibility index (Phi) is 6.20. The van der Waals surface area contributed by atoms with Crippen LogP contribution in [0, 0.1) is 37.8 Å². The van der Waals surface area contributed by atoms with Gasteiger partial charge in [-0.15, -0.1) is 0 Å². The van der Waals surface area contributed by atoms with E-state index < -0.39 is 10.8 Å². The summed E-state index contributed by atoms with van der Waals surface area (Å²) in [6, 6.07) is 8.84. The molecule has 0 aliphatic carbocycles. The van der Waals surface area contributed by atoms with E-state index in [4.69, 9.17) is 16.1 Å². The van der Waals surface area contributed by atoms with Gasteiger partial charge < -0.3 is 20.0 Å². The summed E-state index contributed by atoms with van der Waals surface area (Å²) in [6.45, 7) is 7.67. The minimum absolute atomic E-state index is 0.0827. The molecular weight excluding hydrogens is 462 g/mol. The highest BCUT2D eigenvalue weighted by atomic mass is 35.5. The lowest BCUT2D eigenvalue weighted by atomic mass is 10.1. The number of rotatable bonds is 7. The third-order valence-electron chi connectivity index (χ3n) is 5.53. The summed E-state index contributed by atoms with van der Waals surface area (Å²) >= 11 is 5.96. The molecule has 0 unspecified atom stereocenters. The first-order chi connectivity index (χ1) is 16.1. The lowest BCUT2D eigenvalue weighted by Gasteiger charge is -2.07. The summed E-state index contributed by atoms with van der Waals surface area (Å²) in [7, 11) is 0. The van der Waals surface area contributed by atoms with Crippen molar-refractivity contribution in [3.8, 4) is 0 Å². The van der Waals surface area contributed by atoms with E-state index in [1.165, 1.54) is 10.7 Å². The molecule has 176 valence electrons. The maximum Gasteiger partial charge on any atom is 0.390 e. The summed E-state index contributed by atoms with van der Waals surface area (Å²) in [6.07, 6.45) is 0. The number of hydrogen-bond donors (Lipinski definition) is 1. The number of hydrogen-bond acceptors (Lipinski definition) is 7. The highest BCUT2D eigenvalue weighted by Gasteiger charge is 2.25. The van der Waals surface area contributed by atoms with Gasteiger partial charge in [0, 0.05) is 5.02 Å². The second-order valence-corrected chi connectivity index (χ2v) is 8.35. The Hall–Kier alpha value is -3.99. The standard InChI is InChI=1S/C22H22ClN7O4/c1-12-9-19(30(32)33)26-28(12)11-18-15(4)34-27-21(18)22(31)24-20-13(2)25-29(14(20)3)10-16-5-7-17(23)8-6-16/h5-9H,10-11H2,1-4H3,(H,24,31). The summed E-state index contributed by atoms with van der Waals surface area (Å²) in [5.74, 6) is -0.310. The van der Waals surface area contributed by atoms with E-state index in [1.807, 2.05) is 38.1 Å². The van der Waals surface area contributed by atoms with Crippen molar-refractivity contribution in [3.63, 3.8) is 0 Å². The second kappa shape index (κ2) is 9.10. The molecular formula is C22H22ClN7O4. The Bertz CT molecular complexity index is 1390. The number of carbonyl (C=O) groups excluding carboxylic acids is 1.